The summed E-state index contributed by atoms with van der Waals surface area (Å²) in [5, 5.41) is 2.85. The number of hydrogen-bond acceptors (Lipinski definition) is 2. The smallest absolute Gasteiger partial charge is 0.245 e. The molecule has 0 aromatic rings. The quantitative estimate of drug-likeness (QED) is 0.600. The lowest BCUT2D eigenvalue weighted by Gasteiger charge is -2.07. The molecule has 0 rings (SSSR count). The van der Waals surface area contributed by atoms with Gasteiger partial charge in [0.05, 0.1) is 0 Å². The van der Waals surface area contributed by atoms with Gasteiger partial charge in [0.2, 0.25) is 5.91 Å². The zero-order valence-electron chi connectivity index (χ0n) is 10.3. The van der Waals surface area contributed by atoms with Crippen molar-refractivity contribution in [2.75, 3.05) is 19.8 Å². The van der Waals surface area contributed by atoms with Gasteiger partial charge in [0.15, 0.2) is 0 Å². The fourth-order valence-electron chi connectivity index (χ4n) is 1.20. The lowest BCUT2D eigenvalue weighted by molar-refractivity contribution is -0.125. The van der Waals surface area contributed by atoms with Gasteiger partial charge in [0.1, 0.15) is 6.61 Å². The number of ether oxygens (including phenoxy) is 1. The largest absolute Gasteiger partial charge is 0.372 e. The highest BCUT2D eigenvalue weighted by atomic mass is 16.5. The van der Waals surface area contributed by atoms with Gasteiger partial charge in [-0.2, -0.15) is 0 Å². The first-order chi connectivity index (χ1) is 7.16. The van der Waals surface area contributed by atoms with Crippen LogP contribution in [-0.4, -0.2) is 25.7 Å². The Balaban J connectivity index is 3.19. The molecule has 0 unspecified atom stereocenters. The monoisotopic (exact) mass is 215 g/mol. The van der Waals surface area contributed by atoms with E-state index in [1.807, 2.05) is 0 Å². The molecule has 0 aromatic carbocycles. The molecule has 0 aliphatic carbocycles. The van der Waals surface area contributed by atoms with E-state index in [4.69, 9.17) is 4.74 Å². The van der Waals surface area contributed by atoms with Crippen molar-refractivity contribution in [3.8, 4) is 0 Å². The topological polar surface area (TPSA) is 38.3 Å². The maximum Gasteiger partial charge on any atom is 0.245 e. The fourth-order valence-corrected chi connectivity index (χ4v) is 1.20. The highest BCUT2D eigenvalue weighted by Crippen LogP contribution is 2.01. The van der Waals surface area contributed by atoms with Crippen LogP contribution in [0, 0.1) is 5.92 Å². The average molecular weight is 215 g/mol. The van der Waals surface area contributed by atoms with E-state index >= 15 is 0 Å². The molecule has 0 atom stereocenters. The highest BCUT2D eigenvalue weighted by molar-refractivity contribution is 5.77. The Morgan fingerprint density at radius 3 is 2.67 bits per heavy atom. The summed E-state index contributed by atoms with van der Waals surface area (Å²) in [4.78, 5) is 11.2. The predicted molar refractivity (Wildman–Crippen MR) is 62.8 cm³/mol. The molecule has 0 saturated heterocycles. The van der Waals surface area contributed by atoms with E-state index < -0.39 is 0 Å². The van der Waals surface area contributed by atoms with Crippen LogP contribution >= 0.6 is 0 Å². The molecule has 3 nitrogen and oxygen atoms in total. The van der Waals surface area contributed by atoms with Crippen LogP contribution in [0.25, 0.3) is 0 Å². The first-order valence-corrected chi connectivity index (χ1v) is 6.01. The summed E-state index contributed by atoms with van der Waals surface area (Å²) < 4.78 is 5.20. The number of rotatable bonds is 9. The Kier molecular flexibility index (Phi) is 9.59. The van der Waals surface area contributed by atoms with Gasteiger partial charge in [-0.25, -0.2) is 0 Å². The molecule has 0 aliphatic rings. The van der Waals surface area contributed by atoms with E-state index in [1.54, 1.807) is 0 Å². The van der Waals surface area contributed by atoms with Crippen LogP contribution < -0.4 is 5.32 Å². The lowest BCUT2D eigenvalue weighted by atomic mass is 10.1. The molecule has 3 heteroatoms. The summed E-state index contributed by atoms with van der Waals surface area (Å²) in [7, 11) is 0. The van der Waals surface area contributed by atoms with Crippen LogP contribution in [0.15, 0.2) is 0 Å². The van der Waals surface area contributed by atoms with Crippen LogP contribution in [0.3, 0.4) is 0 Å². The number of carbonyl (C=O) groups excluding carboxylic acids is 1. The van der Waals surface area contributed by atoms with Gasteiger partial charge in [-0.05, 0) is 25.2 Å². The second-order valence-corrected chi connectivity index (χ2v) is 4.29. The number of nitrogens with one attached hydrogen (secondary N) is 1. The van der Waals surface area contributed by atoms with Gasteiger partial charge in [0.25, 0.3) is 0 Å². The van der Waals surface area contributed by atoms with E-state index in [0.29, 0.717) is 12.5 Å². The third-order valence-electron chi connectivity index (χ3n) is 2.16. The van der Waals surface area contributed by atoms with Gasteiger partial charge in [-0.1, -0.05) is 27.2 Å². The Morgan fingerprint density at radius 2 is 2.07 bits per heavy atom. The molecule has 0 aliphatic heterocycles. The molecule has 90 valence electrons. The van der Waals surface area contributed by atoms with Crippen LogP contribution in [0.5, 0.6) is 0 Å². The molecule has 15 heavy (non-hydrogen) atoms. The van der Waals surface area contributed by atoms with Crippen molar-refractivity contribution < 1.29 is 9.53 Å². The zero-order chi connectivity index (χ0) is 11.5. The minimum atomic E-state index is 0.00913. The van der Waals surface area contributed by atoms with Crippen LogP contribution in [0.2, 0.25) is 0 Å². The van der Waals surface area contributed by atoms with Gasteiger partial charge < -0.3 is 10.1 Å². The maximum absolute atomic E-state index is 11.2. The number of carbonyl (C=O) groups is 1. The van der Waals surface area contributed by atoms with Crippen molar-refractivity contribution >= 4 is 5.91 Å². The van der Waals surface area contributed by atoms with E-state index in [9.17, 15) is 4.79 Å². The Labute approximate surface area is 93.6 Å². The van der Waals surface area contributed by atoms with Crippen LogP contribution in [-0.2, 0) is 9.53 Å². The summed E-state index contributed by atoms with van der Waals surface area (Å²) in [5.41, 5.74) is 0. The van der Waals surface area contributed by atoms with Crippen molar-refractivity contribution in [2.45, 2.75) is 46.5 Å². The van der Waals surface area contributed by atoms with Gasteiger partial charge in [-0.3, -0.25) is 4.79 Å². The standard InChI is InChI=1S/C12H25NO2/c1-4-5-9-15-10-12(14)13-8-6-7-11(2)3/h11H,4-10H2,1-3H3,(H,13,14). The normalized spacial score (nSPS) is 10.7. The van der Waals surface area contributed by atoms with Gasteiger partial charge >= 0.3 is 0 Å². The van der Waals surface area contributed by atoms with Crippen molar-refractivity contribution in [3.05, 3.63) is 0 Å². The van der Waals surface area contributed by atoms with Crippen molar-refractivity contribution in [3.63, 3.8) is 0 Å². The second kappa shape index (κ2) is 9.97. The van der Waals surface area contributed by atoms with E-state index in [2.05, 4.69) is 26.1 Å². The molecule has 0 fully saturated rings. The third-order valence-corrected chi connectivity index (χ3v) is 2.16. The van der Waals surface area contributed by atoms with Crippen molar-refractivity contribution in [1.29, 1.82) is 0 Å². The first kappa shape index (κ1) is 14.4. The number of unbranched alkanes of at least 4 members (excludes halogenated alkanes) is 1. The molecular formula is C12H25NO2. The predicted octanol–water partition coefficient (Wildman–Crippen LogP) is 2.36. The van der Waals surface area contributed by atoms with Gasteiger partial charge in [-0.15, -0.1) is 0 Å². The fraction of sp³-hybridized carbons (Fsp3) is 0.917. The average Bonchev–Trinajstić information content (AvgIpc) is 2.19. The molecule has 0 heterocycles. The molecule has 1 N–H and O–H groups in total. The maximum atomic E-state index is 11.2. The molecule has 0 aromatic heterocycles. The van der Waals surface area contributed by atoms with E-state index in [-0.39, 0.29) is 12.5 Å². The van der Waals surface area contributed by atoms with E-state index in [0.717, 1.165) is 32.2 Å². The minimum absolute atomic E-state index is 0.00913. The molecule has 0 radical (unpaired) electrons. The summed E-state index contributed by atoms with van der Waals surface area (Å²) >= 11 is 0. The van der Waals surface area contributed by atoms with Crippen molar-refractivity contribution in [2.24, 2.45) is 5.92 Å². The third kappa shape index (κ3) is 11.4. The second-order valence-electron chi connectivity index (χ2n) is 4.29. The Bertz CT molecular complexity index is 158. The Morgan fingerprint density at radius 1 is 1.33 bits per heavy atom. The SMILES string of the molecule is CCCCOCC(=O)NCCCC(C)C. The first-order valence-electron chi connectivity index (χ1n) is 6.01. The minimum Gasteiger partial charge on any atom is -0.372 e. The van der Waals surface area contributed by atoms with Gasteiger partial charge in [0, 0.05) is 13.2 Å². The summed E-state index contributed by atoms with van der Waals surface area (Å²) in [5.74, 6) is 0.720. The number of amides is 1. The van der Waals surface area contributed by atoms with Crippen molar-refractivity contribution in [1.82, 2.24) is 5.32 Å². The summed E-state index contributed by atoms with van der Waals surface area (Å²) in [6.07, 6.45) is 4.35. The van der Waals surface area contributed by atoms with E-state index in [1.165, 1.54) is 0 Å². The zero-order valence-corrected chi connectivity index (χ0v) is 10.3. The molecule has 0 spiro atoms. The van der Waals surface area contributed by atoms with Crippen LogP contribution in [0.1, 0.15) is 46.5 Å². The lowest BCUT2D eigenvalue weighted by Crippen LogP contribution is -2.28. The summed E-state index contributed by atoms with van der Waals surface area (Å²) in [6.45, 7) is 8.16. The van der Waals surface area contributed by atoms with Crippen LogP contribution in [0.4, 0.5) is 0 Å². The Hall–Kier alpha value is -0.570. The molecular weight excluding hydrogens is 190 g/mol. The highest BCUT2D eigenvalue weighted by Gasteiger charge is 2.00. The molecule has 1 amide bonds. The summed E-state index contributed by atoms with van der Waals surface area (Å²) in [6, 6.07) is 0. The number of hydrogen-bond donors (Lipinski definition) is 1. The molecule has 0 bridgehead atoms. The molecule has 0 saturated carbocycles.